The third kappa shape index (κ3) is 5.97. The molecular weight excluding hydrogens is 513 g/mol. The second-order valence-electron chi connectivity index (χ2n) is 8.91. The Morgan fingerprint density at radius 2 is 1.13 bits per heavy atom. The first-order valence-electron chi connectivity index (χ1n) is 11.8. The highest BCUT2D eigenvalue weighted by Gasteiger charge is 2.53. The van der Waals surface area contributed by atoms with Crippen LogP contribution in [-0.2, 0) is 45.0 Å². The minimum Gasteiger partial charge on any atom is -0.460 e. The number of ether oxygens (including phenoxy) is 1. The number of carbonyl (C=O) groups is 1. The predicted octanol–water partition coefficient (Wildman–Crippen LogP) is 6.45. The highest BCUT2D eigenvalue weighted by Crippen LogP contribution is 2.37. The van der Waals surface area contributed by atoms with Crippen molar-refractivity contribution in [3.63, 3.8) is 0 Å². The van der Waals surface area contributed by atoms with Gasteiger partial charge in [0.25, 0.3) is 0 Å². The van der Waals surface area contributed by atoms with Crippen LogP contribution in [0.1, 0.15) is 22.3 Å². The summed E-state index contributed by atoms with van der Waals surface area (Å²) in [5.41, 5.74) is 0.571. The minimum atomic E-state index is -4.76. The highest BCUT2D eigenvalue weighted by atomic mass is 32.2. The van der Waals surface area contributed by atoms with E-state index in [2.05, 4.69) is 0 Å². The number of rotatable bonds is 9. The molecule has 196 valence electrons. The van der Waals surface area contributed by atoms with E-state index in [4.69, 9.17) is 4.74 Å². The van der Waals surface area contributed by atoms with Gasteiger partial charge in [-0.1, -0.05) is 97.1 Å². The Kier molecular flexibility index (Phi) is 8.02. The number of benzene rings is 4. The molecule has 0 N–H and O–H groups in total. The molecule has 8 heteroatoms. The molecule has 4 rings (SSSR count). The van der Waals surface area contributed by atoms with Crippen LogP contribution >= 0.6 is 0 Å². The van der Waals surface area contributed by atoms with Gasteiger partial charge in [0, 0.05) is 12.8 Å². The third-order valence-electron chi connectivity index (χ3n) is 6.24. The van der Waals surface area contributed by atoms with Crippen LogP contribution in [0.5, 0.6) is 0 Å². The summed E-state index contributed by atoms with van der Waals surface area (Å²) in [6, 6.07) is 29.2. The van der Waals surface area contributed by atoms with Crippen molar-refractivity contribution in [2.75, 3.05) is 0 Å². The van der Waals surface area contributed by atoms with Crippen molar-refractivity contribution in [3.05, 3.63) is 138 Å². The molecule has 0 radical (unpaired) electrons. The molecule has 4 nitrogen and oxygen atoms in total. The van der Waals surface area contributed by atoms with Crippen LogP contribution < -0.4 is 0 Å². The Balaban J connectivity index is 1.88. The van der Waals surface area contributed by atoms with E-state index in [1.54, 1.807) is 91.0 Å². The summed E-state index contributed by atoms with van der Waals surface area (Å²) in [4.78, 5) is 13.3. The summed E-state index contributed by atoms with van der Waals surface area (Å²) in [6.45, 7) is -0.191. The fourth-order valence-corrected chi connectivity index (χ4v) is 6.26. The first kappa shape index (κ1) is 27.1. The topological polar surface area (TPSA) is 60.4 Å². The molecule has 38 heavy (non-hydrogen) atoms. The first-order valence-corrected chi connectivity index (χ1v) is 13.3. The smallest absolute Gasteiger partial charge is 0.416 e. The summed E-state index contributed by atoms with van der Waals surface area (Å²) >= 11 is 0. The van der Waals surface area contributed by atoms with Crippen molar-refractivity contribution in [2.24, 2.45) is 0 Å². The number of esters is 1. The van der Waals surface area contributed by atoms with Crippen LogP contribution in [0.2, 0.25) is 0 Å². The monoisotopic (exact) mass is 538 g/mol. The summed E-state index contributed by atoms with van der Waals surface area (Å²) in [5, 5.41) is 0. The summed E-state index contributed by atoms with van der Waals surface area (Å²) < 4.78 is 72.6. The summed E-state index contributed by atoms with van der Waals surface area (Å²) in [7, 11) is -4.72. The molecule has 4 aromatic rings. The van der Waals surface area contributed by atoms with E-state index in [1.165, 1.54) is 0 Å². The van der Waals surface area contributed by atoms with Crippen LogP contribution in [0.3, 0.4) is 0 Å². The lowest BCUT2D eigenvalue weighted by atomic mass is 9.91. The van der Waals surface area contributed by atoms with Crippen LogP contribution in [0.4, 0.5) is 13.2 Å². The average molecular weight is 539 g/mol. The molecule has 0 fully saturated rings. The zero-order chi connectivity index (χ0) is 27.2. The van der Waals surface area contributed by atoms with Crippen molar-refractivity contribution in [3.8, 4) is 0 Å². The molecule has 0 bridgehead atoms. The van der Waals surface area contributed by atoms with E-state index in [-0.39, 0.29) is 19.4 Å². The predicted molar refractivity (Wildman–Crippen MR) is 138 cm³/mol. The Hall–Kier alpha value is -3.91. The maximum Gasteiger partial charge on any atom is 0.416 e. The van der Waals surface area contributed by atoms with Gasteiger partial charge in [-0.3, -0.25) is 4.79 Å². The highest BCUT2D eigenvalue weighted by molar-refractivity contribution is 7.93. The van der Waals surface area contributed by atoms with Gasteiger partial charge in [-0.25, -0.2) is 8.42 Å². The third-order valence-corrected chi connectivity index (χ3v) is 8.59. The number of hydrogen-bond donors (Lipinski definition) is 0. The van der Waals surface area contributed by atoms with Gasteiger partial charge in [0.15, 0.2) is 14.6 Å². The molecular formula is C30H25F3O4S. The van der Waals surface area contributed by atoms with E-state index in [1.807, 2.05) is 0 Å². The Labute approximate surface area is 219 Å². The Morgan fingerprint density at radius 1 is 0.658 bits per heavy atom. The Bertz CT molecular complexity index is 1430. The summed E-state index contributed by atoms with van der Waals surface area (Å²) in [5.74, 6) is -1.04. The fraction of sp³-hybridized carbons (Fsp3) is 0.167. The van der Waals surface area contributed by atoms with Crippen molar-refractivity contribution in [2.45, 2.75) is 35.3 Å². The lowest BCUT2D eigenvalue weighted by Crippen LogP contribution is -2.51. The van der Waals surface area contributed by atoms with E-state index in [9.17, 15) is 26.4 Å². The lowest BCUT2D eigenvalue weighted by Gasteiger charge is -2.32. The van der Waals surface area contributed by atoms with Crippen LogP contribution in [0.15, 0.2) is 120 Å². The molecule has 0 amide bonds. The maximum absolute atomic E-state index is 14.3. The number of sulfone groups is 1. The number of halogens is 3. The van der Waals surface area contributed by atoms with Crippen molar-refractivity contribution >= 4 is 15.8 Å². The number of hydrogen-bond acceptors (Lipinski definition) is 4. The van der Waals surface area contributed by atoms with Crippen LogP contribution in [0.25, 0.3) is 0 Å². The van der Waals surface area contributed by atoms with Gasteiger partial charge in [-0.2, -0.15) is 13.2 Å². The Morgan fingerprint density at radius 3 is 1.61 bits per heavy atom. The zero-order valence-electron chi connectivity index (χ0n) is 20.3. The van der Waals surface area contributed by atoms with Gasteiger partial charge < -0.3 is 4.74 Å². The van der Waals surface area contributed by atoms with Gasteiger partial charge in [0.1, 0.15) is 6.61 Å². The average Bonchev–Trinajstić information content (AvgIpc) is 2.92. The van der Waals surface area contributed by atoms with E-state index >= 15 is 0 Å². The molecule has 0 saturated heterocycles. The van der Waals surface area contributed by atoms with Crippen LogP contribution in [-0.4, -0.2) is 19.1 Å². The molecule has 0 aliphatic rings. The van der Waals surface area contributed by atoms with E-state index in [0.717, 1.165) is 18.2 Å². The normalized spacial score (nSPS) is 12.2. The van der Waals surface area contributed by atoms with E-state index < -0.39 is 37.2 Å². The molecule has 4 aromatic carbocycles. The molecule has 0 saturated carbocycles. The first-order chi connectivity index (χ1) is 18.1. The standard InChI is InChI=1S/C30H25F3O4S/c31-30(32,33)26-17-10-18-27(19-26)38(35,36)29(20-23-11-4-1-5-12-23,21-24-13-6-2-7-14-24)28(34)37-22-25-15-8-3-9-16-25/h1-19H,20-22H2. The lowest BCUT2D eigenvalue weighted by molar-refractivity contribution is -0.148. The molecule has 0 aliphatic heterocycles. The summed E-state index contributed by atoms with van der Waals surface area (Å²) in [6.07, 6.45) is -5.36. The number of carbonyl (C=O) groups excluding carboxylic acids is 1. The van der Waals surface area contributed by atoms with Gasteiger partial charge in [-0.15, -0.1) is 0 Å². The second-order valence-corrected chi connectivity index (χ2v) is 11.2. The molecule has 0 atom stereocenters. The van der Waals surface area contributed by atoms with Gasteiger partial charge in [0.05, 0.1) is 10.5 Å². The largest absolute Gasteiger partial charge is 0.460 e. The van der Waals surface area contributed by atoms with Crippen molar-refractivity contribution < 1.29 is 31.1 Å². The zero-order valence-corrected chi connectivity index (χ0v) is 21.1. The molecule has 0 unspecified atom stereocenters. The molecule has 0 aliphatic carbocycles. The van der Waals surface area contributed by atoms with Gasteiger partial charge in [0.2, 0.25) is 0 Å². The minimum absolute atomic E-state index is 0.191. The quantitative estimate of drug-likeness (QED) is 0.230. The van der Waals surface area contributed by atoms with Crippen molar-refractivity contribution in [1.82, 2.24) is 0 Å². The van der Waals surface area contributed by atoms with Crippen molar-refractivity contribution in [1.29, 1.82) is 0 Å². The van der Waals surface area contributed by atoms with Gasteiger partial charge >= 0.3 is 12.1 Å². The van der Waals surface area contributed by atoms with E-state index in [0.29, 0.717) is 22.8 Å². The molecule has 0 heterocycles. The fourth-order valence-electron chi connectivity index (χ4n) is 4.28. The maximum atomic E-state index is 14.3. The van der Waals surface area contributed by atoms with Crippen LogP contribution in [0, 0.1) is 0 Å². The molecule has 0 aromatic heterocycles. The SMILES string of the molecule is O=C(OCc1ccccc1)C(Cc1ccccc1)(Cc1ccccc1)S(=O)(=O)c1cccc(C(F)(F)F)c1. The molecule has 0 spiro atoms. The number of alkyl halides is 3. The second kappa shape index (κ2) is 11.2. The van der Waals surface area contributed by atoms with Gasteiger partial charge in [-0.05, 0) is 34.9 Å².